The molecule has 1 aromatic rings. The van der Waals surface area contributed by atoms with E-state index in [2.05, 4.69) is 9.69 Å². The number of anilines is 2. The summed E-state index contributed by atoms with van der Waals surface area (Å²) in [5.74, 6) is 0.697. The van der Waals surface area contributed by atoms with Crippen molar-refractivity contribution < 1.29 is 4.79 Å². The zero-order valence-electron chi connectivity index (χ0n) is 10.6. The van der Waals surface area contributed by atoms with Gasteiger partial charge in [0.05, 0.1) is 4.90 Å². The Bertz CT molecular complexity index is 429. The molecule has 100 valence electrons. The Balaban J connectivity index is 2.01. The van der Waals surface area contributed by atoms with E-state index >= 15 is 0 Å². The molecule has 2 heterocycles. The molecule has 1 amide bonds. The lowest BCUT2D eigenvalue weighted by atomic mass is 10.3. The van der Waals surface area contributed by atoms with Crippen LogP contribution in [0.25, 0.3) is 0 Å². The third kappa shape index (κ3) is 2.72. The van der Waals surface area contributed by atoms with E-state index in [9.17, 15) is 4.79 Å². The molecule has 18 heavy (non-hydrogen) atoms. The molecule has 1 aromatic heterocycles. The zero-order valence-corrected chi connectivity index (χ0v) is 12.2. The Labute approximate surface area is 115 Å². The van der Waals surface area contributed by atoms with Crippen LogP contribution in [0.1, 0.15) is 19.8 Å². The molecule has 5 nitrogen and oxygen atoms in total. The van der Waals surface area contributed by atoms with Crippen LogP contribution in [-0.2, 0) is 4.79 Å². The number of aromatic nitrogens is 1. The first-order valence-electron chi connectivity index (χ1n) is 5.98. The van der Waals surface area contributed by atoms with Gasteiger partial charge in [0.25, 0.3) is 0 Å². The number of hydrogen-bond acceptors (Lipinski definition) is 6. The predicted molar refractivity (Wildman–Crippen MR) is 77.2 cm³/mol. The normalized spacial score (nSPS) is 16.9. The zero-order chi connectivity index (χ0) is 13.1. The van der Waals surface area contributed by atoms with Crippen LogP contribution in [0.4, 0.5) is 10.8 Å². The number of hydrogen-bond donors (Lipinski definition) is 2. The number of carbonyl (C=O) groups excluding carboxylic acids is 1. The van der Waals surface area contributed by atoms with E-state index in [1.54, 1.807) is 11.8 Å². The van der Waals surface area contributed by atoms with Crippen molar-refractivity contribution in [2.75, 3.05) is 30.4 Å². The van der Waals surface area contributed by atoms with Gasteiger partial charge in [0.1, 0.15) is 11.0 Å². The van der Waals surface area contributed by atoms with E-state index in [4.69, 9.17) is 5.73 Å². The van der Waals surface area contributed by atoms with Crippen molar-refractivity contribution in [1.29, 1.82) is 0 Å². The second kappa shape index (κ2) is 5.79. The summed E-state index contributed by atoms with van der Waals surface area (Å²) in [4.78, 5) is 15.0. The van der Waals surface area contributed by atoms with Crippen molar-refractivity contribution in [2.45, 2.75) is 30.7 Å². The van der Waals surface area contributed by atoms with Gasteiger partial charge >= 0.3 is 0 Å². The smallest absolute Gasteiger partial charge is 0.244 e. The average Bonchev–Trinajstić information content (AvgIpc) is 2.98. The first kappa shape index (κ1) is 13.5. The van der Waals surface area contributed by atoms with Crippen molar-refractivity contribution in [1.82, 2.24) is 9.27 Å². The molecule has 0 radical (unpaired) electrons. The minimum absolute atomic E-state index is 0.159. The number of carbonyl (C=O) groups is 1. The Kier molecular flexibility index (Phi) is 4.34. The maximum absolute atomic E-state index is 12.2. The van der Waals surface area contributed by atoms with Gasteiger partial charge in [-0.25, -0.2) is 0 Å². The number of nitrogen functional groups attached to an aromatic ring is 1. The summed E-state index contributed by atoms with van der Waals surface area (Å²) in [6.07, 6.45) is 4.18. The summed E-state index contributed by atoms with van der Waals surface area (Å²) in [5, 5.41) is 4.11. The molecule has 2 rings (SSSR count). The Hall–Kier alpha value is -0.950. The fourth-order valence-electron chi connectivity index (χ4n) is 2.05. The lowest BCUT2D eigenvalue weighted by Gasteiger charge is -2.21. The summed E-state index contributed by atoms with van der Waals surface area (Å²) in [6, 6.07) is -0.228. The topological polar surface area (TPSA) is 71.2 Å². The van der Waals surface area contributed by atoms with Gasteiger partial charge in [0.15, 0.2) is 5.82 Å². The largest absolute Gasteiger partial charge is 0.382 e. The van der Waals surface area contributed by atoms with E-state index in [1.807, 2.05) is 18.1 Å². The molecule has 7 heteroatoms. The van der Waals surface area contributed by atoms with Gasteiger partial charge < -0.3 is 16.0 Å². The van der Waals surface area contributed by atoms with Gasteiger partial charge in [0, 0.05) is 13.1 Å². The SMILES string of the molecule is CSc1c(N)nsc1NC(C)C(=O)N1CCCC1. The molecule has 1 atom stereocenters. The standard InChI is InChI=1S/C11H18N4OS2/c1-7(11(16)15-5-3-4-6-15)13-10-8(17-2)9(12)14-18-10/h7,13H,3-6H2,1-2H3,(H2,12,14). The van der Waals surface area contributed by atoms with Gasteiger partial charge in [-0.1, -0.05) is 0 Å². The maximum Gasteiger partial charge on any atom is 0.244 e. The van der Waals surface area contributed by atoms with Crippen LogP contribution in [0, 0.1) is 0 Å². The van der Waals surface area contributed by atoms with Crippen molar-refractivity contribution in [3.05, 3.63) is 0 Å². The first-order valence-corrected chi connectivity index (χ1v) is 7.97. The second-order valence-corrected chi connectivity index (χ2v) is 5.92. The summed E-state index contributed by atoms with van der Waals surface area (Å²) < 4.78 is 4.11. The minimum Gasteiger partial charge on any atom is -0.382 e. The highest BCUT2D eigenvalue weighted by Gasteiger charge is 2.24. The quantitative estimate of drug-likeness (QED) is 0.827. The molecule has 0 bridgehead atoms. The van der Waals surface area contributed by atoms with Gasteiger partial charge in [-0.2, -0.15) is 4.37 Å². The van der Waals surface area contributed by atoms with Crippen LogP contribution in [0.2, 0.25) is 0 Å². The molecular weight excluding hydrogens is 268 g/mol. The molecule has 0 aromatic carbocycles. The number of amides is 1. The molecule has 0 saturated carbocycles. The second-order valence-electron chi connectivity index (χ2n) is 4.33. The molecule has 0 spiro atoms. The lowest BCUT2D eigenvalue weighted by molar-refractivity contribution is -0.130. The van der Waals surface area contributed by atoms with Crippen LogP contribution in [0.3, 0.4) is 0 Å². The average molecular weight is 286 g/mol. The van der Waals surface area contributed by atoms with E-state index in [0.29, 0.717) is 5.82 Å². The summed E-state index contributed by atoms with van der Waals surface area (Å²) in [5.41, 5.74) is 5.77. The van der Waals surface area contributed by atoms with Crippen LogP contribution in [-0.4, -0.2) is 40.6 Å². The monoisotopic (exact) mass is 286 g/mol. The van der Waals surface area contributed by atoms with Gasteiger partial charge in [-0.3, -0.25) is 4.79 Å². The Morgan fingerprint density at radius 1 is 1.56 bits per heavy atom. The van der Waals surface area contributed by atoms with Crippen molar-refractivity contribution in [3.63, 3.8) is 0 Å². The number of nitrogens with one attached hydrogen (secondary N) is 1. The van der Waals surface area contributed by atoms with E-state index in [-0.39, 0.29) is 11.9 Å². The fraction of sp³-hybridized carbons (Fsp3) is 0.636. The van der Waals surface area contributed by atoms with E-state index in [1.165, 1.54) is 11.5 Å². The highest BCUT2D eigenvalue weighted by atomic mass is 32.2. The van der Waals surface area contributed by atoms with E-state index in [0.717, 1.165) is 35.8 Å². The molecule has 3 N–H and O–H groups in total. The molecule has 0 aliphatic carbocycles. The van der Waals surface area contributed by atoms with Crippen LogP contribution >= 0.6 is 23.3 Å². The van der Waals surface area contributed by atoms with Crippen molar-refractivity contribution >= 4 is 40.0 Å². The lowest BCUT2D eigenvalue weighted by Crippen LogP contribution is -2.39. The number of thioether (sulfide) groups is 1. The molecule has 1 aliphatic heterocycles. The highest BCUT2D eigenvalue weighted by molar-refractivity contribution is 7.99. The van der Waals surface area contributed by atoms with E-state index < -0.39 is 0 Å². The summed E-state index contributed by atoms with van der Waals surface area (Å²) in [7, 11) is 0. The fourth-order valence-corrected chi connectivity index (χ4v) is 3.67. The number of nitrogens with two attached hydrogens (primary N) is 1. The van der Waals surface area contributed by atoms with Gasteiger partial charge in [-0.15, -0.1) is 11.8 Å². The van der Waals surface area contributed by atoms with Crippen LogP contribution in [0.15, 0.2) is 4.90 Å². The maximum atomic E-state index is 12.2. The first-order chi connectivity index (χ1) is 8.63. The number of likely N-dealkylation sites (tertiary alicyclic amines) is 1. The Morgan fingerprint density at radius 3 is 2.83 bits per heavy atom. The molecule has 1 aliphatic rings. The van der Waals surface area contributed by atoms with Gasteiger partial charge in [0.2, 0.25) is 5.91 Å². The van der Waals surface area contributed by atoms with Crippen LogP contribution in [0.5, 0.6) is 0 Å². The molecule has 1 fully saturated rings. The third-order valence-electron chi connectivity index (χ3n) is 3.01. The number of rotatable bonds is 4. The van der Waals surface area contributed by atoms with Crippen molar-refractivity contribution in [2.24, 2.45) is 0 Å². The van der Waals surface area contributed by atoms with Gasteiger partial charge in [-0.05, 0) is 37.6 Å². The third-order valence-corrected chi connectivity index (χ3v) is 4.76. The predicted octanol–water partition coefficient (Wildman–Crippen LogP) is 1.87. The summed E-state index contributed by atoms with van der Waals surface area (Å²) >= 11 is 2.86. The number of nitrogens with zero attached hydrogens (tertiary/aromatic N) is 2. The highest BCUT2D eigenvalue weighted by Crippen LogP contribution is 2.35. The van der Waals surface area contributed by atoms with Crippen molar-refractivity contribution in [3.8, 4) is 0 Å². The molecule has 1 saturated heterocycles. The Morgan fingerprint density at radius 2 is 2.22 bits per heavy atom. The van der Waals surface area contributed by atoms with Crippen LogP contribution < -0.4 is 11.1 Å². The molecule has 1 unspecified atom stereocenters. The summed E-state index contributed by atoms with van der Waals surface area (Å²) in [6.45, 7) is 3.65. The minimum atomic E-state index is -0.228. The molecular formula is C11H18N4OS2.